The summed E-state index contributed by atoms with van der Waals surface area (Å²) < 4.78 is 31.6. The van der Waals surface area contributed by atoms with Crippen LogP contribution >= 0.6 is 39.1 Å². The molecule has 2 aliphatic rings. The predicted molar refractivity (Wildman–Crippen MR) is 166 cm³/mol. The van der Waals surface area contributed by atoms with Gasteiger partial charge in [0, 0.05) is 33.9 Å². The van der Waals surface area contributed by atoms with Gasteiger partial charge >= 0.3 is 10.1 Å². The molecule has 2 heterocycles. The van der Waals surface area contributed by atoms with E-state index in [1.54, 1.807) is 6.07 Å². The third kappa shape index (κ3) is 6.96. The number of pyridine rings is 1. The molecule has 5 rings (SSSR count). The third-order valence-corrected chi connectivity index (χ3v) is 9.28. The van der Waals surface area contributed by atoms with Gasteiger partial charge in [-0.25, -0.2) is 9.99 Å². The molecule has 2 aromatic carbocycles. The molecule has 0 bridgehead atoms. The summed E-state index contributed by atoms with van der Waals surface area (Å²) in [5.41, 5.74) is -0.219. The zero-order valence-electron chi connectivity index (χ0n) is 22.7. The van der Waals surface area contributed by atoms with Crippen LogP contribution < -0.4 is 15.6 Å². The summed E-state index contributed by atoms with van der Waals surface area (Å²) in [6.07, 6.45) is 3.07. The largest absolute Gasteiger partial charge is 0.361 e. The second-order valence-corrected chi connectivity index (χ2v) is 13.3. The first kappa shape index (κ1) is 31.6. The van der Waals surface area contributed by atoms with E-state index in [-0.39, 0.29) is 39.6 Å². The lowest BCUT2D eigenvalue weighted by atomic mass is 10.1. The number of halogens is 3. The zero-order valence-corrected chi connectivity index (χ0v) is 26.7. The van der Waals surface area contributed by atoms with E-state index in [9.17, 15) is 28.1 Å². The van der Waals surface area contributed by atoms with Crippen molar-refractivity contribution in [2.45, 2.75) is 43.2 Å². The first-order chi connectivity index (χ1) is 20.8. The van der Waals surface area contributed by atoms with Crippen LogP contribution in [-0.2, 0) is 19.1 Å². The fraction of sp³-hybridized carbons (Fsp3) is 0.259. The highest BCUT2D eigenvalue weighted by Crippen LogP contribution is 2.36. The number of nitro benzene ring substituents is 1. The van der Waals surface area contributed by atoms with Gasteiger partial charge in [0.1, 0.15) is 10.9 Å². The van der Waals surface area contributed by atoms with E-state index in [1.165, 1.54) is 30.5 Å². The number of non-ortho nitro benzene ring substituents is 1. The minimum Gasteiger partial charge on any atom is -0.361 e. The van der Waals surface area contributed by atoms with Crippen LogP contribution in [0.2, 0.25) is 10.0 Å². The number of carbonyl (C=O) groups excluding carboxylic acids is 2. The number of hydrazone groups is 1. The molecule has 230 valence electrons. The fourth-order valence-electron chi connectivity index (χ4n) is 4.49. The van der Waals surface area contributed by atoms with Gasteiger partial charge in [0.15, 0.2) is 5.82 Å². The molecule has 2 unspecified atom stereocenters. The molecule has 2 amide bonds. The lowest BCUT2D eigenvalue weighted by molar-refractivity contribution is -0.385. The Balaban J connectivity index is 1.44. The van der Waals surface area contributed by atoms with Crippen LogP contribution in [0.4, 0.5) is 17.2 Å². The van der Waals surface area contributed by atoms with E-state index in [4.69, 9.17) is 27.4 Å². The summed E-state index contributed by atoms with van der Waals surface area (Å²) in [4.78, 5) is 41.1. The van der Waals surface area contributed by atoms with Crippen LogP contribution in [0.15, 0.2) is 69.2 Å². The minimum absolute atomic E-state index is 0.0343. The third-order valence-electron chi connectivity index (χ3n) is 6.90. The number of hydrogen-bond acceptors (Lipinski definition) is 10. The smallest absolute Gasteiger partial charge is 0.340 e. The summed E-state index contributed by atoms with van der Waals surface area (Å²) in [7, 11) is -4.59. The Morgan fingerprint density at radius 2 is 1.93 bits per heavy atom. The molecule has 3 aromatic rings. The number of amides is 2. The Morgan fingerprint density at radius 1 is 1.18 bits per heavy atom. The van der Waals surface area contributed by atoms with Gasteiger partial charge in [-0.15, -0.1) is 5.10 Å². The number of aromatic nitrogens is 1. The number of nitrogens with one attached hydrogen (secondary N) is 2. The van der Waals surface area contributed by atoms with Crippen molar-refractivity contribution in [1.29, 1.82) is 0 Å². The van der Waals surface area contributed by atoms with Crippen molar-refractivity contribution in [3.8, 4) is 0 Å². The van der Waals surface area contributed by atoms with Crippen LogP contribution in [0.1, 0.15) is 36.5 Å². The van der Waals surface area contributed by atoms with E-state index in [2.05, 4.69) is 36.6 Å². The van der Waals surface area contributed by atoms with Crippen molar-refractivity contribution < 1.29 is 27.1 Å². The normalized spacial score (nSPS) is 17.0. The number of benzene rings is 2. The maximum atomic E-state index is 13.8. The van der Waals surface area contributed by atoms with Gasteiger partial charge < -0.3 is 14.8 Å². The lowest BCUT2D eigenvalue weighted by Crippen LogP contribution is -2.40. The van der Waals surface area contributed by atoms with E-state index >= 15 is 0 Å². The van der Waals surface area contributed by atoms with Crippen molar-refractivity contribution in [1.82, 2.24) is 10.3 Å². The second kappa shape index (κ2) is 12.7. The van der Waals surface area contributed by atoms with E-state index in [0.717, 1.165) is 36.0 Å². The highest BCUT2D eigenvalue weighted by Gasteiger charge is 2.39. The molecule has 1 aliphatic carbocycles. The van der Waals surface area contributed by atoms with Crippen LogP contribution in [0, 0.1) is 16.0 Å². The van der Waals surface area contributed by atoms with Crippen molar-refractivity contribution in [2.75, 3.05) is 10.3 Å². The van der Waals surface area contributed by atoms with E-state index in [1.807, 2.05) is 6.92 Å². The molecule has 0 radical (unpaired) electrons. The number of nitrogens with zero attached hydrogens (tertiary/aromatic N) is 4. The SMILES string of the molecule is CC(NC(=O)c1cc(Cl)cc(Br)c1NC(=O)C1CC(OS(=O)(=O)c2cccc([N+](=O)[O-])c2)=NN1c1ncccc1Cl)C1CC1. The Bertz CT molecular complexity index is 1800. The quantitative estimate of drug-likeness (QED) is 0.164. The van der Waals surface area contributed by atoms with Crippen molar-refractivity contribution in [3.05, 3.63) is 84.9 Å². The molecule has 44 heavy (non-hydrogen) atoms. The second-order valence-electron chi connectivity index (χ2n) is 10.1. The van der Waals surface area contributed by atoms with Crippen molar-refractivity contribution >= 4 is 84.2 Å². The van der Waals surface area contributed by atoms with Gasteiger partial charge in [0.2, 0.25) is 11.8 Å². The highest BCUT2D eigenvalue weighted by atomic mass is 79.9. The molecule has 17 heteroatoms. The summed E-state index contributed by atoms with van der Waals surface area (Å²) in [5.74, 6) is -1.13. The zero-order chi connectivity index (χ0) is 31.8. The summed E-state index contributed by atoms with van der Waals surface area (Å²) in [5, 5.41) is 22.5. The first-order valence-corrected chi connectivity index (χ1v) is 16.1. The molecule has 2 atom stereocenters. The molecule has 1 aliphatic heterocycles. The Kier molecular flexibility index (Phi) is 9.11. The number of carbonyl (C=O) groups is 2. The number of rotatable bonds is 9. The van der Waals surface area contributed by atoms with Gasteiger partial charge in [0.25, 0.3) is 11.6 Å². The molecule has 1 saturated carbocycles. The van der Waals surface area contributed by atoms with E-state index < -0.39 is 49.4 Å². The van der Waals surface area contributed by atoms with Crippen molar-refractivity contribution in [3.63, 3.8) is 0 Å². The molecule has 2 N–H and O–H groups in total. The van der Waals surface area contributed by atoms with Crippen LogP contribution in [0.5, 0.6) is 0 Å². The molecule has 13 nitrogen and oxygen atoms in total. The monoisotopic (exact) mass is 724 g/mol. The van der Waals surface area contributed by atoms with Gasteiger partial charge in [-0.1, -0.05) is 29.3 Å². The van der Waals surface area contributed by atoms with Gasteiger partial charge in [0.05, 0.1) is 27.6 Å². The molecule has 0 saturated heterocycles. The lowest BCUT2D eigenvalue weighted by Gasteiger charge is -2.23. The summed E-state index contributed by atoms with van der Waals surface area (Å²) in [6.45, 7) is 1.90. The summed E-state index contributed by atoms with van der Waals surface area (Å²) >= 11 is 15.9. The van der Waals surface area contributed by atoms with E-state index in [0.29, 0.717) is 10.4 Å². The first-order valence-electron chi connectivity index (χ1n) is 13.1. The Labute approximate surface area is 270 Å². The van der Waals surface area contributed by atoms with Crippen LogP contribution in [0.25, 0.3) is 0 Å². The summed E-state index contributed by atoms with van der Waals surface area (Å²) in [6, 6.07) is 8.99. The average Bonchev–Trinajstić information content (AvgIpc) is 3.75. The van der Waals surface area contributed by atoms with Crippen LogP contribution in [-0.4, -0.2) is 48.1 Å². The maximum absolute atomic E-state index is 13.8. The molecular formula is C27H23BrCl2N6O7S. The number of nitro groups is 1. The van der Waals surface area contributed by atoms with Gasteiger partial charge in [-0.05, 0) is 71.9 Å². The van der Waals surface area contributed by atoms with Gasteiger partial charge in [-0.3, -0.25) is 19.7 Å². The molecule has 1 aromatic heterocycles. The minimum atomic E-state index is -4.59. The number of anilines is 2. The molecule has 1 fully saturated rings. The fourth-order valence-corrected chi connectivity index (χ4v) is 6.57. The standard InChI is InChI=1S/C27H23BrCl2N6O7S/c1-14(15-7-8-15)32-26(37)19-10-16(29)11-20(28)24(19)33-27(38)22-13-23(34-35(22)25-21(30)6-3-9-31-25)43-44(41,42)18-5-2-4-17(12-18)36(39)40/h2-6,9-12,14-15,22H,7-8,13H2,1H3,(H,32,37)(H,33,38). The Morgan fingerprint density at radius 3 is 2.61 bits per heavy atom. The predicted octanol–water partition coefficient (Wildman–Crippen LogP) is 5.52. The van der Waals surface area contributed by atoms with Crippen molar-refractivity contribution in [2.24, 2.45) is 11.0 Å². The molecule has 0 spiro atoms. The maximum Gasteiger partial charge on any atom is 0.340 e. The Hall–Kier alpha value is -3.79. The average molecular weight is 726 g/mol. The highest BCUT2D eigenvalue weighted by molar-refractivity contribution is 9.10. The molecular weight excluding hydrogens is 703 g/mol. The topological polar surface area (TPSA) is 173 Å². The van der Waals surface area contributed by atoms with Crippen LogP contribution in [0.3, 0.4) is 0 Å². The number of hydrogen-bond donors (Lipinski definition) is 2. The van der Waals surface area contributed by atoms with Gasteiger partial charge in [-0.2, -0.15) is 8.42 Å².